The maximum absolute atomic E-state index is 5.73. The van der Waals surface area contributed by atoms with E-state index in [1.165, 1.54) is 18.5 Å². The Morgan fingerprint density at radius 3 is 2.55 bits per heavy atom. The Balaban J connectivity index is 1.53. The van der Waals surface area contributed by atoms with Gasteiger partial charge in [0.1, 0.15) is 0 Å². The van der Waals surface area contributed by atoms with Crippen LogP contribution in [0.15, 0.2) is 30.3 Å². The number of hydrogen-bond acceptors (Lipinski definition) is 4. The van der Waals surface area contributed by atoms with Crippen molar-refractivity contribution in [2.45, 2.75) is 25.0 Å². The number of nitrogens with two attached hydrogens (primary N) is 1. The summed E-state index contributed by atoms with van der Waals surface area (Å²) >= 11 is 0. The van der Waals surface area contributed by atoms with Crippen molar-refractivity contribution in [1.29, 1.82) is 0 Å². The highest BCUT2D eigenvalue weighted by Crippen LogP contribution is 2.23. The van der Waals surface area contributed by atoms with Crippen LogP contribution in [0.5, 0.6) is 0 Å². The van der Waals surface area contributed by atoms with E-state index < -0.39 is 0 Å². The molecule has 0 aliphatic carbocycles. The van der Waals surface area contributed by atoms with Gasteiger partial charge in [-0.15, -0.1) is 0 Å². The van der Waals surface area contributed by atoms with Crippen molar-refractivity contribution < 1.29 is 4.74 Å². The number of nitrogens with zero attached hydrogens (tertiary/aromatic N) is 2. The predicted molar refractivity (Wildman–Crippen MR) is 82.0 cm³/mol. The number of ether oxygens (including phenoxy) is 1. The summed E-state index contributed by atoms with van der Waals surface area (Å²) in [6.45, 7) is 5.85. The van der Waals surface area contributed by atoms with Crippen LogP contribution >= 0.6 is 0 Å². The van der Waals surface area contributed by atoms with E-state index in [-0.39, 0.29) is 6.10 Å². The van der Waals surface area contributed by atoms with E-state index in [2.05, 4.69) is 40.1 Å². The zero-order valence-electron chi connectivity index (χ0n) is 12.1. The summed E-state index contributed by atoms with van der Waals surface area (Å²) in [5.74, 6) is 0. The molecule has 0 aromatic heterocycles. The van der Waals surface area contributed by atoms with Crippen LogP contribution in [0.2, 0.25) is 0 Å². The summed E-state index contributed by atoms with van der Waals surface area (Å²) in [6.07, 6.45) is 2.72. The third kappa shape index (κ3) is 3.14. The number of piperidine rings is 1. The Bertz CT molecular complexity index is 403. The molecule has 4 heteroatoms. The quantitative estimate of drug-likeness (QED) is 0.903. The molecule has 1 unspecified atom stereocenters. The first-order valence-electron chi connectivity index (χ1n) is 7.72. The van der Waals surface area contributed by atoms with Gasteiger partial charge in [-0.3, -0.25) is 4.90 Å². The van der Waals surface area contributed by atoms with Crippen molar-refractivity contribution in [2.75, 3.05) is 44.2 Å². The maximum Gasteiger partial charge on any atom is 0.0824 e. The van der Waals surface area contributed by atoms with E-state index >= 15 is 0 Å². The lowest BCUT2D eigenvalue weighted by molar-refractivity contribution is -0.0416. The summed E-state index contributed by atoms with van der Waals surface area (Å²) in [7, 11) is 0. The lowest BCUT2D eigenvalue weighted by Crippen LogP contribution is -2.53. The van der Waals surface area contributed by atoms with Crippen molar-refractivity contribution in [3.8, 4) is 0 Å². The molecule has 0 radical (unpaired) electrons. The number of morpholine rings is 1. The van der Waals surface area contributed by atoms with Crippen LogP contribution in [0, 0.1) is 0 Å². The molecule has 2 aliphatic rings. The second-order valence-corrected chi connectivity index (χ2v) is 5.78. The number of hydrogen-bond donors (Lipinski definition) is 1. The Labute approximate surface area is 121 Å². The molecule has 1 atom stereocenters. The van der Waals surface area contributed by atoms with Crippen molar-refractivity contribution in [2.24, 2.45) is 5.73 Å². The number of anilines is 1. The van der Waals surface area contributed by atoms with Crippen LogP contribution < -0.4 is 10.6 Å². The molecule has 2 heterocycles. The smallest absolute Gasteiger partial charge is 0.0824 e. The molecular weight excluding hydrogens is 250 g/mol. The molecule has 0 spiro atoms. The third-order valence-corrected chi connectivity index (χ3v) is 4.54. The van der Waals surface area contributed by atoms with Gasteiger partial charge >= 0.3 is 0 Å². The van der Waals surface area contributed by atoms with Crippen molar-refractivity contribution >= 4 is 5.69 Å². The van der Waals surface area contributed by atoms with E-state index in [1.54, 1.807) is 0 Å². The van der Waals surface area contributed by atoms with Gasteiger partial charge in [0.25, 0.3) is 0 Å². The first-order valence-corrected chi connectivity index (χ1v) is 7.72. The minimum Gasteiger partial charge on any atom is -0.374 e. The van der Waals surface area contributed by atoms with Gasteiger partial charge < -0.3 is 15.4 Å². The molecule has 2 saturated heterocycles. The van der Waals surface area contributed by atoms with Gasteiger partial charge in [0.05, 0.1) is 12.7 Å². The minimum absolute atomic E-state index is 0.232. The molecule has 2 aliphatic heterocycles. The van der Waals surface area contributed by atoms with Crippen LogP contribution in [0.3, 0.4) is 0 Å². The summed E-state index contributed by atoms with van der Waals surface area (Å²) in [6, 6.07) is 11.4. The molecule has 1 aromatic rings. The summed E-state index contributed by atoms with van der Waals surface area (Å²) in [5.41, 5.74) is 7.09. The Hall–Kier alpha value is -1.10. The molecule has 0 amide bonds. The van der Waals surface area contributed by atoms with Gasteiger partial charge in [-0.25, -0.2) is 0 Å². The van der Waals surface area contributed by atoms with Crippen molar-refractivity contribution in [3.63, 3.8) is 0 Å². The van der Waals surface area contributed by atoms with Gasteiger partial charge in [-0.1, -0.05) is 18.2 Å². The molecule has 3 rings (SSSR count). The first-order chi connectivity index (χ1) is 9.86. The van der Waals surface area contributed by atoms with E-state index in [9.17, 15) is 0 Å². The molecule has 2 N–H and O–H groups in total. The molecule has 0 saturated carbocycles. The zero-order valence-corrected chi connectivity index (χ0v) is 12.1. The molecule has 0 bridgehead atoms. The van der Waals surface area contributed by atoms with E-state index in [0.717, 1.165) is 32.8 Å². The largest absolute Gasteiger partial charge is 0.374 e. The number of benzene rings is 1. The monoisotopic (exact) mass is 275 g/mol. The number of rotatable bonds is 3. The minimum atomic E-state index is 0.232. The second-order valence-electron chi connectivity index (χ2n) is 5.78. The highest BCUT2D eigenvalue weighted by atomic mass is 16.5. The van der Waals surface area contributed by atoms with Crippen LogP contribution in [-0.4, -0.2) is 56.4 Å². The van der Waals surface area contributed by atoms with Crippen LogP contribution in [0.25, 0.3) is 0 Å². The van der Waals surface area contributed by atoms with Crippen molar-refractivity contribution in [1.82, 2.24) is 4.90 Å². The SMILES string of the molecule is NCC1CN(C2CCN(c3ccccc3)CC2)CCO1. The maximum atomic E-state index is 5.73. The third-order valence-electron chi connectivity index (χ3n) is 4.54. The zero-order chi connectivity index (χ0) is 13.8. The average molecular weight is 275 g/mol. The summed E-state index contributed by atoms with van der Waals surface area (Å²) in [4.78, 5) is 5.08. The van der Waals surface area contributed by atoms with E-state index in [0.29, 0.717) is 12.6 Å². The van der Waals surface area contributed by atoms with Gasteiger partial charge in [-0.05, 0) is 25.0 Å². The molecule has 4 nitrogen and oxygen atoms in total. The average Bonchev–Trinajstić information content (AvgIpc) is 2.56. The van der Waals surface area contributed by atoms with Crippen LogP contribution in [0.1, 0.15) is 12.8 Å². The fraction of sp³-hybridized carbons (Fsp3) is 0.625. The Morgan fingerprint density at radius 2 is 1.85 bits per heavy atom. The predicted octanol–water partition coefficient (Wildman–Crippen LogP) is 1.31. The highest BCUT2D eigenvalue weighted by Gasteiger charge is 2.28. The van der Waals surface area contributed by atoms with Crippen LogP contribution in [-0.2, 0) is 4.74 Å². The summed E-state index contributed by atoms with van der Waals surface area (Å²) < 4.78 is 5.66. The van der Waals surface area contributed by atoms with Gasteiger partial charge in [0.2, 0.25) is 0 Å². The molecule has 2 fully saturated rings. The molecule has 1 aromatic carbocycles. The molecular formula is C16H25N3O. The normalized spacial score (nSPS) is 25.9. The highest BCUT2D eigenvalue weighted by molar-refractivity contribution is 5.46. The van der Waals surface area contributed by atoms with Gasteiger partial charge in [0.15, 0.2) is 0 Å². The second kappa shape index (κ2) is 6.57. The van der Waals surface area contributed by atoms with E-state index in [4.69, 9.17) is 10.5 Å². The van der Waals surface area contributed by atoms with Crippen LogP contribution in [0.4, 0.5) is 5.69 Å². The number of para-hydroxylation sites is 1. The molecule has 110 valence electrons. The standard InChI is InChI=1S/C16H25N3O/c17-12-16-13-19(10-11-20-16)15-6-8-18(9-7-15)14-4-2-1-3-5-14/h1-5,15-16H,6-13,17H2. The first kappa shape index (κ1) is 13.9. The summed E-state index contributed by atoms with van der Waals surface area (Å²) in [5, 5.41) is 0. The Kier molecular flexibility index (Phi) is 4.55. The topological polar surface area (TPSA) is 41.7 Å². The fourth-order valence-electron chi connectivity index (χ4n) is 3.34. The molecule has 20 heavy (non-hydrogen) atoms. The lowest BCUT2D eigenvalue weighted by atomic mass is 10.0. The Morgan fingerprint density at radius 1 is 1.10 bits per heavy atom. The van der Waals surface area contributed by atoms with E-state index in [1.807, 2.05) is 0 Å². The fourth-order valence-corrected chi connectivity index (χ4v) is 3.34. The van der Waals surface area contributed by atoms with Crippen molar-refractivity contribution in [3.05, 3.63) is 30.3 Å². The lowest BCUT2D eigenvalue weighted by Gasteiger charge is -2.42. The van der Waals surface area contributed by atoms with Gasteiger partial charge in [0, 0.05) is 44.5 Å². The van der Waals surface area contributed by atoms with Gasteiger partial charge in [-0.2, -0.15) is 0 Å².